The summed E-state index contributed by atoms with van der Waals surface area (Å²) in [5, 5.41) is 16.9. The molecule has 0 bridgehead atoms. The van der Waals surface area contributed by atoms with E-state index in [1.54, 1.807) is 38.1 Å². The molecule has 0 spiro atoms. The number of benzene rings is 2. The lowest BCUT2D eigenvalue weighted by Crippen LogP contribution is -2.32. The first-order chi connectivity index (χ1) is 16.1. The van der Waals surface area contributed by atoms with E-state index >= 15 is 4.39 Å². The number of alkyl halides is 1. The Morgan fingerprint density at radius 2 is 1.91 bits per heavy atom. The summed E-state index contributed by atoms with van der Waals surface area (Å²) >= 11 is 12.0. The zero-order chi connectivity index (χ0) is 25.5. The van der Waals surface area contributed by atoms with Gasteiger partial charge in [-0.15, -0.1) is 11.6 Å². The van der Waals surface area contributed by atoms with E-state index in [2.05, 4.69) is 0 Å². The Bertz CT molecular complexity index is 1000. The number of hydrogen-bond acceptors (Lipinski definition) is 5. The molecule has 0 aliphatic rings. The van der Waals surface area contributed by atoms with Gasteiger partial charge >= 0.3 is 0 Å². The molecule has 0 heterocycles. The molecule has 0 aliphatic carbocycles. The predicted octanol–water partition coefficient (Wildman–Crippen LogP) is 4.13. The van der Waals surface area contributed by atoms with Crippen LogP contribution in [-0.4, -0.2) is 47.0 Å². The van der Waals surface area contributed by atoms with Gasteiger partial charge in [0.25, 0.3) is 5.91 Å². The van der Waals surface area contributed by atoms with Crippen LogP contribution in [0.5, 0.6) is 5.75 Å². The zero-order valence-corrected chi connectivity index (χ0v) is 20.3. The Morgan fingerprint density at radius 3 is 2.44 bits per heavy atom. The van der Waals surface area contributed by atoms with Crippen LogP contribution in [0.1, 0.15) is 36.6 Å². The SMILES string of the molecule is CCOC(C(=O)N(Cl)Cc1ccc(C(=N)N)cc1)c1c(F)ccc(OCC(C)(CO)CCl)c1F. The van der Waals surface area contributed by atoms with Crippen molar-refractivity contribution in [2.24, 2.45) is 11.1 Å². The molecule has 2 atom stereocenters. The number of carbonyl (C=O) groups excluding carboxylic acids is 1. The largest absolute Gasteiger partial charge is 0.490 e. The van der Waals surface area contributed by atoms with Crippen molar-refractivity contribution >= 4 is 35.1 Å². The fourth-order valence-corrected chi connectivity index (χ4v) is 3.27. The molecule has 11 heteroatoms. The molecule has 0 aliphatic heterocycles. The molecule has 0 fully saturated rings. The summed E-state index contributed by atoms with van der Waals surface area (Å²) in [4.78, 5) is 13.0. The summed E-state index contributed by atoms with van der Waals surface area (Å²) in [7, 11) is 0. The molecule has 186 valence electrons. The second-order valence-electron chi connectivity index (χ2n) is 7.97. The van der Waals surface area contributed by atoms with Gasteiger partial charge in [0.15, 0.2) is 17.7 Å². The van der Waals surface area contributed by atoms with E-state index < -0.39 is 34.6 Å². The minimum atomic E-state index is -1.67. The molecule has 0 saturated carbocycles. The van der Waals surface area contributed by atoms with Gasteiger partial charge in [-0.25, -0.2) is 13.2 Å². The smallest absolute Gasteiger partial charge is 0.271 e. The lowest BCUT2D eigenvalue weighted by Gasteiger charge is -2.26. The number of aliphatic hydroxyl groups is 1. The summed E-state index contributed by atoms with van der Waals surface area (Å²) in [5.41, 5.74) is 5.04. The van der Waals surface area contributed by atoms with Gasteiger partial charge in [0.05, 0.1) is 25.3 Å². The van der Waals surface area contributed by atoms with Crippen LogP contribution in [0.4, 0.5) is 8.78 Å². The quantitative estimate of drug-likeness (QED) is 0.170. The van der Waals surface area contributed by atoms with Crippen molar-refractivity contribution in [3.63, 3.8) is 0 Å². The maximum atomic E-state index is 15.3. The number of rotatable bonds is 12. The van der Waals surface area contributed by atoms with Gasteiger partial charge in [-0.05, 0) is 24.6 Å². The number of nitrogen functional groups attached to an aromatic ring is 1. The first-order valence-corrected chi connectivity index (χ1v) is 11.2. The molecule has 0 aromatic heterocycles. The third-order valence-electron chi connectivity index (χ3n) is 5.02. The molecule has 2 unspecified atom stereocenters. The minimum Gasteiger partial charge on any atom is -0.490 e. The number of amidine groups is 1. The number of carbonyl (C=O) groups is 1. The van der Waals surface area contributed by atoms with E-state index in [4.69, 9.17) is 44.0 Å². The Balaban J connectivity index is 2.29. The summed E-state index contributed by atoms with van der Waals surface area (Å²) in [6.07, 6.45) is -1.67. The van der Waals surface area contributed by atoms with E-state index in [0.717, 1.165) is 16.6 Å². The number of hydrogen-bond donors (Lipinski definition) is 3. The highest BCUT2D eigenvalue weighted by molar-refractivity contribution is 6.21. The third-order valence-corrected chi connectivity index (χ3v) is 5.95. The van der Waals surface area contributed by atoms with Crippen molar-refractivity contribution < 1.29 is 28.2 Å². The Hall–Kier alpha value is -2.46. The van der Waals surface area contributed by atoms with E-state index in [1.807, 2.05) is 0 Å². The third kappa shape index (κ3) is 6.79. The zero-order valence-electron chi connectivity index (χ0n) is 18.8. The lowest BCUT2D eigenvalue weighted by atomic mass is 9.96. The number of halogens is 4. The second-order valence-corrected chi connectivity index (χ2v) is 8.64. The highest BCUT2D eigenvalue weighted by Gasteiger charge is 2.33. The van der Waals surface area contributed by atoms with E-state index in [9.17, 15) is 14.3 Å². The second kappa shape index (κ2) is 12.3. The highest BCUT2D eigenvalue weighted by Crippen LogP contribution is 2.33. The number of nitrogens with one attached hydrogen (secondary N) is 1. The van der Waals surface area contributed by atoms with E-state index in [-0.39, 0.29) is 43.8 Å². The van der Waals surface area contributed by atoms with Crippen molar-refractivity contribution in [2.45, 2.75) is 26.5 Å². The summed E-state index contributed by atoms with van der Waals surface area (Å²) in [6, 6.07) is 8.48. The fourth-order valence-electron chi connectivity index (χ4n) is 2.88. The van der Waals surface area contributed by atoms with Crippen molar-refractivity contribution in [1.29, 1.82) is 5.41 Å². The van der Waals surface area contributed by atoms with Gasteiger partial charge in [0.2, 0.25) is 0 Å². The molecule has 0 saturated heterocycles. The van der Waals surface area contributed by atoms with Crippen LogP contribution in [0.15, 0.2) is 36.4 Å². The minimum absolute atomic E-state index is 0.0206. The molecule has 2 aromatic rings. The molecule has 2 rings (SSSR count). The molecule has 7 nitrogen and oxygen atoms in total. The van der Waals surface area contributed by atoms with Crippen molar-refractivity contribution in [1.82, 2.24) is 4.42 Å². The molecule has 0 radical (unpaired) electrons. The average molecular weight is 518 g/mol. The van der Waals surface area contributed by atoms with Crippen molar-refractivity contribution in [2.75, 3.05) is 25.7 Å². The van der Waals surface area contributed by atoms with Crippen molar-refractivity contribution in [3.05, 3.63) is 64.7 Å². The van der Waals surface area contributed by atoms with Crippen LogP contribution in [0, 0.1) is 22.5 Å². The van der Waals surface area contributed by atoms with Gasteiger partial charge in [0.1, 0.15) is 11.7 Å². The standard InChI is InChI=1S/C23H27Cl2F2N3O4/c1-3-33-20(22(32)30(25)10-14-4-6-15(7-5-14)21(28)29)18-16(26)8-9-17(19(18)27)34-13-23(2,11-24)12-31/h4-9,20,31H,3,10-13H2,1-2H3,(H3,28,29). The number of nitrogens with zero attached hydrogens (tertiary/aromatic N) is 1. The number of amides is 1. The van der Waals surface area contributed by atoms with Crippen LogP contribution in [-0.2, 0) is 16.1 Å². The van der Waals surface area contributed by atoms with Crippen LogP contribution >= 0.6 is 23.4 Å². The number of nitrogens with two attached hydrogens (primary N) is 1. The highest BCUT2D eigenvalue weighted by atomic mass is 35.5. The van der Waals surface area contributed by atoms with Crippen molar-refractivity contribution in [3.8, 4) is 5.75 Å². The van der Waals surface area contributed by atoms with Gasteiger partial charge in [0, 0.05) is 35.2 Å². The maximum absolute atomic E-state index is 15.3. The first kappa shape index (κ1) is 27.8. The summed E-state index contributed by atoms with van der Waals surface area (Å²) in [6.45, 7) is 2.66. The van der Waals surface area contributed by atoms with Gasteiger partial charge in [-0.3, -0.25) is 10.2 Å². The average Bonchev–Trinajstić information content (AvgIpc) is 2.82. The number of aliphatic hydroxyl groups excluding tert-OH is 1. The molecular weight excluding hydrogens is 491 g/mol. The topological polar surface area (TPSA) is 109 Å². The van der Waals surface area contributed by atoms with Crippen LogP contribution in [0.2, 0.25) is 0 Å². The number of ether oxygens (including phenoxy) is 2. The summed E-state index contributed by atoms with van der Waals surface area (Å²) in [5.74, 6) is -3.38. The molecule has 4 N–H and O–H groups in total. The summed E-state index contributed by atoms with van der Waals surface area (Å²) < 4.78 is 41.6. The van der Waals surface area contributed by atoms with Gasteiger partial charge in [-0.1, -0.05) is 31.2 Å². The monoisotopic (exact) mass is 517 g/mol. The van der Waals surface area contributed by atoms with E-state index in [1.165, 1.54) is 0 Å². The van der Waals surface area contributed by atoms with E-state index in [0.29, 0.717) is 11.1 Å². The first-order valence-electron chi connectivity index (χ1n) is 10.4. The van der Waals surface area contributed by atoms with Gasteiger partial charge in [-0.2, -0.15) is 0 Å². The Labute approximate surface area is 207 Å². The molecule has 34 heavy (non-hydrogen) atoms. The molecule has 2 aromatic carbocycles. The molecule has 1 amide bonds. The fraction of sp³-hybridized carbons (Fsp3) is 0.391. The maximum Gasteiger partial charge on any atom is 0.271 e. The van der Waals surface area contributed by atoms with Crippen LogP contribution in [0.3, 0.4) is 0 Å². The Morgan fingerprint density at radius 1 is 1.26 bits per heavy atom. The predicted molar refractivity (Wildman–Crippen MR) is 126 cm³/mol. The lowest BCUT2D eigenvalue weighted by molar-refractivity contribution is -0.139. The normalized spacial score (nSPS) is 13.7. The molecular formula is C23H27Cl2F2N3O4. The van der Waals surface area contributed by atoms with Crippen LogP contribution in [0.25, 0.3) is 0 Å². The van der Waals surface area contributed by atoms with Crippen LogP contribution < -0.4 is 10.5 Å². The Kier molecular flexibility index (Phi) is 10.1. The van der Waals surface area contributed by atoms with Gasteiger partial charge < -0.3 is 20.3 Å².